The van der Waals surface area contributed by atoms with Gasteiger partial charge in [0.1, 0.15) is 16.3 Å². The average Bonchev–Trinajstić information content (AvgIpc) is 1.84. The van der Waals surface area contributed by atoms with Crippen molar-refractivity contribution in [2.45, 2.75) is 6.30 Å². The Morgan fingerprint density at radius 3 is 1.73 bits per heavy atom. The van der Waals surface area contributed by atoms with Gasteiger partial charge < -0.3 is 0 Å². The highest BCUT2D eigenvalue weighted by Crippen LogP contribution is 2.43. The number of halogens is 5. The van der Waals surface area contributed by atoms with Crippen LogP contribution in [0.15, 0.2) is 0 Å². The Balaban J connectivity index is 4.64. The fourth-order valence-corrected chi connectivity index (χ4v) is 3.95. The molecule has 0 aliphatic heterocycles. The van der Waals surface area contributed by atoms with E-state index in [-0.39, 0.29) is 0 Å². The SMILES string of the molecule is O=S(=O)(OBr)C(Br)C(Br)(Br)Br. The van der Waals surface area contributed by atoms with Crippen LogP contribution in [0.25, 0.3) is 0 Å². The maximum absolute atomic E-state index is 10.9. The summed E-state index contributed by atoms with van der Waals surface area (Å²) >= 11 is 14.4. The molecule has 9 heteroatoms. The molecule has 0 rings (SSSR count). The molecule has 0 fully saturated rings. The van der Waals surface area contributed by atoms with Crippen LogP contribution in [-0.4, -0.2) is 14.7 Å². The molecule has 0 spiro atoms. The lowest BCUT2D eigenvalue weighted by Gasteiger charge is -2.17. The molecule has 68 valence electrons. The predicted molar refractivity (Wildman–Crippen MR) is 61.2 cm³/mol. The van der Waals surface area contributed by atoms with E-state index in [9.17, 15) is 8.42 Å². The Kier molecular flexibility index (Phi) is 5.68. The van der Waals surface area contributed by atoms with E-state index in [1.807, 2.05) is 0 Å². The highest BCUT2D eigenvalue weighted by Gasteiger charge is 2.39. The van der Waals surface area contributed by atoms with Crippen LogP contribution in [-0.2, 0) is 13.4 Å². The van der Waals surface area contributed by atoms with Gasteiger partial charge in [0.05, 0.1) is 0 Å². The lowest BCUT2D eigenvalue weighted by molar-refractivity contribution is 0.525. The summed E-state index contributed by atoms with van der Waals surface area (Å²) in [5, 5.41) is 0. The molecule has 0 aromatic heterocycles. The molecule has 0 amide bonds. The van der Waals surface area contributed by atoms with Gasteiger partial charge >= 0.3 is 0 Å². The van der Waals surface area contributed by atoms with Gasteiger partial charge in [-0.3, -0.25) is 0 Å². The Hall–Kier alpha value is 2.31. The molecule has 0 saturated heterocycles. The van der Waals surface area contributed by atoms with E-state index in [0.29, 0.717) is 0 Å². The molecule has 1 unspecified atom stereocenters. The van der Waals surface area contributed by atoms with Crippen molar-refractivity contribution in [3.63, 3.8) is 0 Å². The van der Waals surface area contributed by atoms with Crippen molar-refractivity contribution >= 4 is 90.1 Å². The second-order valence-corrected chi connectivity index (χ2v) is 12.3. The summed E-state index contributed by atoms with van der Waals surface area (Å²) in [6.45, 7) is 0. The first-order valence-corrected chi connectivity index (χ1v) is 7.38. The molecular formula is C2HBr5O3S. The third-order valence-electron chi connectivity index (χ3n) is 0.599. The molecule has 0 N–H and O–H groups in total. The Morgan fingerprint density at radius 2 is 1.64 bits per heavy atom. The van der Waals surface area contributed by atoms with Crippen molar-refractivity contribution in [3.8, 4) is 0 Å². The molecule has 0 aliphatic carbocycles. The molecule has 0 saturated carbocycles. The first-order valence-electron chi connectivity index (χ1n) is 1.96. The van der Waals surface area contributed by atoms with Gasteiger partial charge in [0.25, 0.3) is 10.1 Å². The number of hydrogen-bond donors (Lipinski definition) is 0. The summed E-state index contributed by atoms with van der Waals surface area (Å²) in [6, 6.07) is 0. The fourth-order valence-electron chi connectivity index (χ4n) is 0.196. The van der Waals surface area contributed by atoms with Crippen LogP contribution in [0, 0.1) is 0 Å². The van der Waals surface area contributed by atoms with Crippen LogP contribution in [0.3, 0.4) is 0 Å². The third kappa shape index (κ3) is 4.37. The average molecular weight is 505 g/mol. The molecule has 1 atom stereocenters. The van der Waals surface area contributed by atoms with Gasteiger partial charge in [-0.1, -0.05) is 63.7 Å². The summed E-state index contributed by atoms with van der Waals surface area (Å²) in [4.78, 5) is 0. The van der Waals surface area contributed by atoms with E-state index in [2.05, 4.69) is 83.3 Å². The fraction of sp³-hybridized carbons (Fsp3) is 1.00. The van der Waals surface area contributed by atoms with Gasteiger partial charge in [0.15, 0.2) is 6.30 Å². The lowest BCUT2D eigenvalue weighted by Crippen LogP contribution is -2.26. The zero-order valence-electron chi connectivity index (χ0n) is 4.60. The van der Waals surface area contributed by atoms with Crippen molar-refractivity contribution in [2.75, 3.05) is 0 Å². The summed E-state index contributed by atoms with van der Waals surface area (Å²) in [7, 11) is -3.66. The van der Waals surface area contributed by atoms with E-state index in [1.54, 1.807) is 0 Å². The molecule has 11 heavy (non-hydrogen) atoms. The van der Waals surface area contributed by atoms with Gasteiger partial charge in [-0.05, 0) is 0 Å². The molecule has 0 heterocycles. The highest BCUT2D eigenvalue weighted by molar-refractivity contribution is 9.40. The van der Waals surface area contributed by atoms with Crippen molar-refractivity contribution in [2.24, 2.45) is 0 Å². The van der Waals surface area contributed by atoms with Crippen LogP contribution in [0.4, 0.5) is 0 Å². The van der Waals surface area contributed by atoms with Gasteiger partial charge in [-0.2, -0.15) is 11.7 Å². The second-order valence-electron chi connectivity index (χ2n) is 1.41. The van der Waals surface area contributed by atoms with Crippen molar-refractivity contribution in [1.82, 2.24) is 0 Å². The van der Waals surface area contributed by atoms with Crippen LogP contribution in [0.1, 0.15) is 0 Å². The molecule has 0 radical (unpaired) electrons. The topological polar surface area (TPSA) is 43.4 Å². The smallest absolute Gasteiger partial charge is 0.197 e. The van der Waals surface area contributed by atoms with Crippen LogP contribution >= 0.6 is 80.0 Å². The molecule has 0 aromatic carbocycles. The Bertz CT molecular complexity index is 216. The lowest BCUT2D eigenvalue weighted by atomic mass is 11.0. The van der Waals surface area contributed by atoms with E-state index < -0.39 is 16.4 Å². The van der Waals surface area contributed by atoms with Crippen LogP contribution in [0.2, 0.25) is 0 Å². The van der Waals surface area contributed by atoms with Gasteiger partial charge in [-0.25, -0.2) is 0 Å². The molecule has 3 nitrogen and oxygen atoms in total. The third-order valence-corrected chi connectivity index (χ3v) is 8.93. The largest absolute Gasteiger partial charge is 0.294 e. The van der Waals surface area contributed by atoms with Crippen molar-refractivity contribution in [1.29, 1.82) is 0 Å². The summed E-state index contributed by atoms with van der Waals surface area (Å²) < 4.78 is 24.1. The zero-order chi connectivity index (χ0) is 9.28. The Morgan fingerprint density at radius 1 is 1.27 bits per heavy atom. The van der Waals surface area contributed by atoms with E-state index >= 15 is 0 Å². The van der Waals surface area contributed by atoms with Gasteiger partial charge in [0, 0.05) is 0 Å². The molecular weight excluding hydrogens is 504 g/mol. The first kappa shape index (κ1) is 13.3. The highest BCUT2D eigenvalue weighted by atomic mass is 80.0. The predicted octanol–water partition coefficient (Wildman–Crippen LogP) is 3.20. The Labute approximate surface area is 107 Å². The van der Waals surface area contributed by atoms with Gasteiger partial charge in [-0.15, -0.1) is 0 Å². The van der Waals surface area contributed by atoms with E-state index in [4.69, 9.17) is 0 Å². The first-order chi connectivity index (χ1) is 4.72. The van der Waals surface area contributed by atoms with E-state index in [1.165, 1.54) is 0 Å². The zero-order valence-corrected chi connectivity index (χ0v) is 13.3. The molecule has 0 aliphatic rings. The van der Waals surface area contributed by atoms with Crippen LogP contribution < -0.4 is 0 Å². The minimum Gasteiger partial charge on any atom is -0.197 e. The number of alkyl halides is 4. The standard InChI is InChI=1S/C2HBr5O3S/c3-1(2(4,5)6)11(8,9)10-7/h1H. The maximum Gasteiger partial charge on any atom is 0.294 e. The quantitative estimate of drug-likeness (QED) is 0.543. The summed E-state index contributed by atoms with van der Waals surface area (Å²) in [6.07, 6.45) is 0. The molecule has 0 bridgehead atoms. The second kappa shape index (κ2) is 4.70. The van der Waals surface area contributed by atoms with Gasteiger partial charge in [0.2, 0.25) is 0 Å². The molecule has 0 aromatic rings. The minimum atomic E-state index is -3.66. The number of hydrogen-bond acceptors (Lipinski definition) is 3. The summed E-state index contributed by atoms with van der Waals surface area (Å²) in [5.41, 5.74) is 0. The van der Waals surface area contributed by atoms with Crippen molar-refractivity contribution < 1.29 is 11.7 Å². The normalized spacial score (nSPS) is 16.5. The van der Waals surface area contributed by atoms with Crippen LogP contribution in [0.5, 0.6) is 0 Å². The van der Waals surface area contributed by atoms with E-state index in [0.717, 1.165) is 0 Å². The summed E-state index contributed by atoms with van der Waals surface area (Å²) in [5.74, 6) is 0. The maximum atomic E-state index is 10.9. The monoisotopic (exact) mass is 500 g/mol. The minimum absolute atomic E-state index is 0.945. The number of rotatable bonds is 2. The van der Waals surface area contributed by atoms with Crippen molar-refractivity contribution in [3.05, 3.63) is 0 Å².